The summed E-state index contributed by atoms with van der Waals surface area (Å²) < 4.78 is 43.1. The van der Waals surface area contributed by atoms with E-state index in [1.165, 1.54) is 24.1 Å². The minimum Gasteiger partial charge on any atom is -0.497 e. The minimum absolute atomic E-state index is 0.273. The van der Waals surface area contributed by atoms with Crippen LogP contribution < -0.4 is 15.4 Å². The maximum atomic E-state index is 12.7. The quantitative estimate of drug-likeness (QED) is 0.876. The molecule has 2 aromatic rings. The summed E-state index contributed by atoms with van der Waals surface area (Å²) in [4.78, 5) is 13.6. The lowest BCUT2D eigenvalue weighted by molar-refractivity contribution is -0.137. The Morgan fingerprint density at radius 1 is 1.04 bits per heavy atom. The number of β-lactam (4-membered cyclic amide) rings is 1. The van der Waals surface area contributed by atoms with Crippen molar-refractivity contribution < 1.29 is 22.7 Å². The molecule has 1 amide bonds. The van der Waals surface area contributed by atoms with Crippen molar-refractivity contribution in [3.63, 3.8) is 0 Å². The van der Waals surface area contributed by atoms with Gasteiger partial charge in [0, 0.05) is 5.69 Å². The molecule has 4 nitrogen and oxygen atoms in total. The van der Waals surface area contributed by atoms with Crippen molar-refractivity contribution in [2.45, 2.75) is 18.3 Å². The van der Waals surface area contributed by atoms with Crippen molar-refractivity contribution in [1.82, 2.24) is 0 Å². The first kappa shape index (κ1) is 16.3. The average molecular weight is 336 g/mol. The molecular weight excluding hydrogens is 321 g/mol. The van der Waals surface area contributed by atoms with Gasteiger partial charge in [-0.05, 0) is 42.0 Å². The van der Waals surface area contributed by atoms with Crippen LogP contribution in [0.5, 0.6) is 5.75 Å². The lowest BCUT2D eigenvalue weighted by Crippen LogP contribution is -2.63. The van der Waals surface area contributed by atoms with Gasteiger partial charge in [0.2, 0.25) is 5.91 Å². The Hall–Kier alpha value is -2.54. The first-order valence-corrected chi connectivity index (χ1v) is 7.23. The Labute approximate surface area is 136 Å². The number of ether oxygens (including phenoxy) is 1. The average Bonchev–Trinajstić information content (AvgIpc) is 2.58. The summed E-state index contributed by atoms with van der Waals surface area (Å²) >= 11 is 0. The number of carbonyl (C=O) groups excluding carboxylic acids is 1. The smallest absolute Gasteiger partial charge is 0.416 e. The van der Waals surface area contributed by atoms with Crippen LogP contribution in [0.25, 0.3) is 0 Å². The summed E-state index contributed by atoms with van der Waals surface area (Å²) in [6, 6.07) is 10.3. The monoisotopic (exact) mass is 336 g/mol. The maximum Gasteiger partial charge on any atom is 0.416 e. The van der Waals surface area contributed by atoms with E-state index in [1.807, 2.05) is 0 Å². The summed E-state index contributed by atoms with van der Waals surface area (Å²) in [5, 5.41) is 0. The molecule has 3 rings (SSSR count). The number of rotatable bonds is 3. The number of methoxy groups -OCH3 is 1. The van der Waals surface area contributed by atoms with Crippen LogP contribution >= 0.6 is 0 Å². The molecule has 2 atom stereocenters. The van der Waals surface area contributed by atoms with Gasteiger partial charge in [0.05, 0.1) is 18.7 Å². The second-order valence-corrected chi connectivity index (χ2v) is 5.50. The van der Waals surface area contributed by atoms with Crippen LogP contribution in [0.3, 0.4) is 0 Å². The molecule has 1 aliphatic heterocycles. The van der Waals surface area contributed by atoms with E-state index >= 15 is 0 Å². The first-order valence-electron chi connectivity index (χ1n) is 7.23. The molecule has 2 aromatic carbocycles. The number of alkyl halides is 3. The molecule has 2 N–H and O–H groups in total. The van der Waals surface area contributed by atoms with Crippen molar-refractivity contribution in [3.8, 4) is 5.75 Å². The summed E-state index contributed by atoms with van der Waals surface area (Å²) in [6.07, 6.45) is -4.40. The molecular formula is C17H15F3N2O2. The second kappa shape index (κ2) is 5.83. The van der Waals surface area contributed by atoms with Crippen molar-refractivity contribution in [1.29, 1.82) is 0 Å². The molecule has 126 valence electrons. The predicted molar refractivity (Wildman–Crippen MR) is 82.6 cm³/mol. The molecule has 1 fully saturated rings. The van der Waals surface area contributed by atoms with E-state index in [1.54, 1.807) is 24.3 Å². The van der Waals surface area contributed by atoms with Crippen LogP contribution in [0.15, 0.2) is 48.5 Å². The highest BCUT2D eigenvalue weighted by Crippen LogP contribution is 2.39. The number of hydrogen-bond donors (Lipinski definition) is 1. The SMILES string of the molecule is COc1ccc(N2C(=O)[C@@H](N)[C@@H]2c2ccc(C(F)(F)F)cc2)cc1. The Kier molecular flexibility index (Phi) is 3.96. The highest BCUT2D eigenvalue weighted by Gasteiger charge is 2.46. The zero-order valence-electron chi connectivity index (χ0n) is 12.7. The van der Waals surface area contributed by atoms with E-state index in [0.29, 0.717) is 17.0 Å². The second-order valence-electron chi connectivity index (χ2n) is 5.50. The fourth-order valence-corrected chi connectivity index (χ4v) is 2.77. The predicted octanol–water partition coefficient (Wildman–Crippen LogP) is 3.13. The Balaban J connectivity index is 1.89. The van der Waals surface area contributed by atoms with Gasteiger partial charge in [-0.15, -0.1) is 0 Å². The molecule has 0 bridgehead atoms. The summed E-state index contributed by atoms with van der Waals surface area (Å²) in [7, 11) is 1.53. The molecule has 1 saturated heterocycles. The number of anilines is 1. The van der Waals surface area contributed by atoms with Crippen LogP contribution in [0, 0.1) is 0 Å². The number of carbonyl (C=O) groups is 1. The molecule has 0 aliphatic carbocycles. The van der Waals surface area contributed by atoms with Gasteiger partial charge in [0.15, 0.2) is 0 Å². The molecule has 1 heterocycles. The zero-order valence-corrected chi connectivity index (χ0v) is 12.7. The number of amides is 1. The number of benzene rings is 2. The molecule has 0 unspecified atom stereocenters. The number of nitrogens with zero attached hydrogens (tertiary/aromatic N) is 1. The van der Waals surface area contributed by atoms with E-state index in [9.17, 15) is 18.0 Å². The minimum atomic E-state index is -4.40. The fraction of sp³-hybridized carbons (Fsp3) is 0.235. The van der Waals surface area contributed by atoms with E-state index in [4.69, 9.17) is 10.5 Å². The van der Waals surface area contributed by atoms with Crippen LogP contribution in [0.1, 0.15) is 17.2 Å². The molecule has 24 heavy (non-hydrogen) atoms. The van der Waals surface area contributed by atoms with Crippen LogP contribution in [0.4, 0.5) is 18.9 Å². The van der Waals surface area contributed by atoms with Crippen LogP contribution in [-0.2, 0) is 11.0 Å². The van der Waals surface area contributed by atoms with E-state index in [2.05, 4.69) is 0 Å². The molecule has 0 saturated carbocycles. The van der Waals surface area contributed by atoms with Gasteiger partial charge in [-0.1, -0.05) is 12.1 Å². The van der Waals surface area contributed by atoms with Crippen LogP contribution in [-0.4, -0.2) is 19.1 Å². The Morgan fingerprint density at radius 3 is 2.12 bits per heavy atom. The topological polar surface area (TPSA) is 55.6 Å². The van der Waals surface area contributed by atoms with Gasteiger partial charge in [0.25, 0.3) is 0 Å². The highest BCUT2D eigenvalue weighted by atomic mass is 19.4. The lowest BCUT2D eigenvalue weighted by atomic mass is 9.88. The lowest BCUT2D eigenvalue weighted by Gasteiger charge is -2.45. The first-order chi connectivity index (χ1) is 11.3. The largest absolute Gasteiger partial charge is 0.497 e. The standard InChI is InChI=1S/C17H15F3N2O2/c1-24-13-8-6-12(7-9-13)22-15(14(21)16(22)23)10-2-4-11(5-3-10)17(18,19)20/h2-9,14-15H,21H2,1H3/t14-,15-/m0/s1. The van der Waals surface area contributed by atoms with Gasteiger partial charge in [0.1, 0.15) is 11.8 Å². The van der Waals surface area contributed by atoms with Gasteiger partial charge >= 0.3 is 6.18 Å². The number of halogens is 3. The fourth-order valence-electron chi connectivity index (χ4n) is 2.77. The Morgan fingerprint density at radius 2 is 1.62 bits per heavy atom. The molecule has 1 aliphatic rings. The summed E-state index contributed by atoms with van der Waals surface area (Å²) in [5.41, 5.74) is 6.31. The third kappa shape index (κ3) is 2.71. The molecule has 7 heteroatoms. The number of nitrogens with two attached hydrogens (primary N) is 1. The van der Waals surface area contributed by atoms with Crippen molar-refractivity contribution in [3.05, 3.63) is 59.7 Å². The van der Waals surface area contributed by atoms with Crippen molar-refractivity contribution >= 4 is 11.6 Å². The van der Waals surface area contributed by atoms with E-state index in [-0.39, 0.29) is 5.91 Å². The molecule has 0 aromatic heterocycles. The normalized spacial score (nSPS) is 20.7. The van der Waals surface area contributed by atoms with E-state index < -0.39 is 23.8 Å². The Bertz CT molecular complexity index is 742. The molecule has 0 radical (unpaired) electrons. The van der Waals surface area contributed by atoms with Crippen molar-refractivity contribution in [2.24, 2.45) is 5.73 Å². The summed E-state index contributed by atoms with van der Waals surface area (Å²) in [5.74, 6) is 0.368. The van der Waals surface area contributed by atoms with Gasteiger partial charge in [-0.3, -0.25) is 4.79 Å². The molecule has 0 spiro atoms. The third-order valence-electron chi connectivity index (χ3n) is 4.07. The third-order valence-corrected chi connectivity index (χ3v) is 4.07. The summed E-state index contributed by atoms with van der Waals surface area (Å²) in [6.45, 7) is 0. The highest BCUT2D eigenvalue weighted by molar-refractivity contribution is 6.05. The van der Waals surface area contributed by atoms with Gasteiger partial charge in [-0.2, -0.15) is 13.2 Å². The van der Waals surface area contributed by atoms with E-state index in [0.717, 1.165) is 12.1 Å². The zero-order chi connectivity index (χ0) is 17.5. The maximum absolute atomic E-state index is 12.7. The van der Waals surface area contributed by atoms with Crippen LogP contribution in [0.2, 0.25) is 0 Å². The van der Waals surface area contributed by atoms with Crippen molar-refractivity contribution in [2.75, 3.05) is 12.0 Å². The van der Waals surface area contributed by atoms with Gasteiger partial charge < -0.3 is 15.4 Å². The van der Waals surface area contributed by atoms with Gasteiger partial charge in [-0.25, -0.2) is 0 Å². The number of hydrogen-bond acceptors (Lipinski definition) is 3.